The van der Waals surface area contributed by atoms with E-state index < -0.39 is 16.7 Å². The lowest BCUT2D eigenvalue weighted by molar-refractivity contribution is -0.384. The molecule has 3 rings (SSSR count). The van der Waals surface area contributed by atoms with Crippen LogP contribution in [0.2, 0.25) is 10.0 Å². The normalized spacial score (nSPS) is 10.9. The predicted molar refractivity (Wildman–Crippen MR) is 127 cm³/mol. The van der Waals surface area contributed by atoms with Crippen LogP contribution in [-0.4, -0.2) is 23.8 Å². The molecule has 0 heterocycles. The fourth-order valence-corrected chi connectivity index (χ4v) is 3.13. The zero-order valence-electron chi connectivity index (χ0n) is 17.2. The minimum Gasteiger partial charge on any atom is -0.496 e. The van der Waals surface area contributed by atoms with Gasteiger partial charge in [0.25, 0.3) is 17.5 Å². The van der Waals surface area contributed by atoms with Crippen LogP contribution in [0, 0.1) is 10.1 Å². The second-order valence-corrected chi connectivity index (χ2v) is 7.54. The zero-order valence-corrected chi connectivity index (χ0v) is 18.7. The topological polar surface area (TPSA) is 111 Å². The van der Waals surface area contributed by atoms with Crippen LogP contribution in [0.1, 0.15) is 15.9 Å². The molecule has 0 atom stereocenters. The van der Waals surface area contributed by atoms with Gasteiger partial charge in [0.1, 0.15) is 11.4 Å². The van der Waals surface area contributed by atoms with Gasteiger partial charge in [0.05, 0.1) is 17.6 Å². The molecule has 0 radical (unpaired) electrons. The quantitative estimate of drug-likeness (QED) is 0.267. The van der Waals surface area contributed by atoms with Gasteiger partial charge in [-0.25, -0.2) is 0 Å². The van der Waals surface area contributed by atoms with E-state index >= 15 is 0 Å². The van der Waals surface area contributed by atoms with Crippen LogP contribution in [0.3, 0.4) is 0 Å². The highest BCUT2D eigenvalue weighted by molar-refractivity contribution is 6.31. The van der Waals surface area contributed by atoms with Gasteiger partial charge in [-0.3, -0.25) is 19.7 Å². The van der Waals surface area contributed by atoms with Gasteiger partial charge in [0.15, 0.2) is 0 Å². The highest BCUT2D eigenvalue weighted by atomic mass is 35.5. The predicted octanol–water partition coefficient (Wildman–Crippen LogP) is 5.32. The number of hydrogen-bond acceptors (Lipinski definition) is 5. The van der Waals surface area contributed by atoms with Crippen molar-refractivity contribution < 1.29 is 19.2 Å². The number of ether oxygens (including phenoxy) is 1. The SMILES string of the molecule is COc1ccc(Cl)cc1C(=O)NC(=Cc1cccc([N+](=O)[O-])c1)C(=O)Nc1ccc(Cl)cc1. The number of rotatable bonds is 7. The number of benzene rings is 3. The Balaban J connectivity index is 1.97. The van der Waals surface area contributed by atoms with Gasteiger partial charge in [-0.2, -0.15) is 0 Å². The van der Waals surface area contributed by atoms with Crippen molar-refractivity contribution >= 4 is 52.5 Å². The Bertz CT molecular complexity index is 1240. The largest absolute Gasteiger partial charge is 0.496 e. The average Bonchev–Trinajstić information content (AvgIpc) is 2.80. The molecule has 0 bridgehead atoms. The molecule has 3 aromatic rings. The first-order chi connectivity index (χ1) is 15.8. The van der Waals surface area contributed by atoms with Crippen molar-refractivity contribution in [1.82, 2.24) is 5.32 Å². The van der Waals surface area contributed by atoms with E-state index in [2.05, 4.69) is 10.6 Å². The molecule has 33 heavy (non-hydrogen) atoms. The van der Waals surface area contributed by atoms with E-state index in [9.17, 15) is 19.7 Å². The second-order valence-electron chi connectivity index (χ2n) is 6.67. The van der Waals surface area contributed by atoms with Crippen molar-refractivity contribution in [2.24, 2.45) is 0 Å². The highest BCUT2D eigenvalue weighted by Crippen LogP contribution is 2.23. The lowest BCUT2D eigenvalue weighted by Crippen LogP contribution is -2.31. The fourth-order valence-electron chi connectivity index (χ4n) is 2.83. The summed E-state index contributed by atoms with van der Waals surface area (Å²) in [6, 6.07) is 16.5. The molecule has 0 aliphatic carbocycles. The van der Waals surface area contributed by atoms with Crippen LogP contribution >= 0.6 is 23.2 Å². The number of amides is 2. The molecule has 0 aromatic heterocycles. The maximum atomic E-state index is 13.0. The number of carbonyl (C=O) groups excluding carboxylic acids is 2. The van der Waals surface area contributed by atoms with Crippen molar-refractivity contribution in [2.75, 3.05) is 12.4 Å². The monoisotopic (exact) mass is 485 g/mol. The van der Waals surface area contributed by atoms with Crippen LogP contribution in [0.5, 0.6) is 5.75 Å². The van der Waals surface area contributed by atoms with E-state index in [-0.39, 0.29) is 22.7 Å². The van der Waals surface area contributed by atoms with E-state index in [4.69, 9.17) is 27.9 Å². The van der Waals surface area contributed by atoms with E-state index in [0.717, 1.165) is 0 Å². The van der Waals surface area contributed by atoms with Crippen molar-refractivity contribution in [1.29, 1.82) is 0 Å². The number of methoxy groups -OCH3 is 1. The van der Waals surface area contributed by atoms with Crippen LogP contribution in [0.15, 0.2) is 72.4 Å². The maximum absolute atomic E-state index is 13.0. The summed E-state index contributed by atoms with van der Waals surface area (Å²) in [4.78, 5) is 36.5. The number of anilines is 1. The Kier molecular flexibility index (Phi) is 7.66. The number of nitrogens with one attached hydrogen (secondary N) is 2. The summed E-state index contributed by atoms with van der Waals surface area (Å²) in [5.41, 5.74) is 0.559. The van der Waals surface area contributed by atoms with Crippen LogP contribution in [0.4, 0.5) is 11.4 Å². The first-order valence-electron chi connectivity index (χ1n) is 9.45. The van der Waals surface area contributed by atoms with Gasteiger partial charge in [0.2, 0.25) is 0 Å². The second kappa shape index (κ2) is 10.6. The Labute approximate surface area is 198 Å². The molecule has 0 fully saturated rings. The summed E-state index contributed by atoms with van der Waals surface area (Å²) in [6.45, 7) is 0. The number of nitro groups is 1. The molecule has 10 heteroatoms. The van der Waals surface area contributed by atoms with Gasteiger partial charge in [-0.15, -0.1) is 0 Å². The zero-order chi connectivity index (χ0) is 24.0. The highest BCUT2D eigenvalue weighted by Gasteiger charge is 2.19. The molecule has 0 spiro atoms. The minimum atomic E-state index is -0.655. The molecule has 8 nitrogen and oxygen atoms in total. The van der Waals surface area contributed by atoms with Crippen LogP contribution in [-0.2, 0) is 4.79 Å². The Morgan fingerprint density at radius 2 is 1.70 bits per heavy atom. The molecule has 0 saturated carbocycles. The Morgan fingerprint density at radius 1 is 1.00 bits per heavy atom. The van der Waals surface area contributed by atoms with Gasteiger partial charge in [0, 0.05) is 27.9 Å². The van der Waals surface area contributed by atoms with E-state index in [1.165, 1.54) is 43.5 Å². The van der Waals surface area contributed by atoms with Crippen molar-refractivity contribution in [2.45, 2.75) is 0 Å². The minimum absolute atomic E-state index is 0.106. The Hall–Kier alpha value is -3.88. The number of halogens is 2. The number of hydrogen-bond donors (Lipinski definition) is 2. The lowest BCUT2D eigenvalue weighted by atomic mass is 10.1. The summed E-state index contributed by atoms with van der Waals surface area (Å²) in [5, 5.41) is 17.1. The molecule has 0 unspecified atom stereocenters. The summed E-state index contributed by atoms with van der Waals surface area (Å²) in [7, 11) is 1.40. The smallest absolute Gasteiger partial charge is 0.272 e. The molecular weight excluding hydrogens is 469 g/mol. The number of nitrogens with zero attached hydrogens (tertiary/aromatic N) is 1. The Morgan fingerprint density at radius 3 is 2.36 bits per heavy atom. The van der Waals surface area contributed by atoms with Crippen molar-refractivity contribution in [3.63, 3.8) is 0 Å². The molecule has 168 valence electrons. The molecule has 0 saturated heterocycles. The molecule has 0 aliphatic rings. The first-order valence-corrected chi connectivity index (χ1v) is 10.2. The van der Waals surface area contributed by atoms with Gasteiger partial charge < -0.3 is 15.4 Å². The number of non-ortho nitro benzene ring substituents is 1. The molecular formula is C23H17Cl2N3O5. The third-order valence-electron chi connectivity index (χ3n) is 4.39. The van der Waals surface area contributed by atoms with Gasteiger partial charge in [-0.05, 0) is 54.1 Å². The summed E-state index contributed by atoms with van der Waals surface area (Å²) >= 11 is 11.9. The number of carbonyl (C=O) groups is 2. The van der Waals surface area contributed by atoms with Crippen molar-refractivity contribution in [3.05, 3.63) is 104 Å². The third-order valence-corrected chi connectivity index (χ3v) is 4.88. The molecule has 3 aromatic carbocycles. The van der Waals surface area contributed by atoms with Crippen LogP contribution < -0.4 is 15.4 Å². The first kappa shape index (κ1) is 23.8. The maximum Gasteiger partial charge on any atom is 0.272 e. The van der Waals surface area contributed by atoms with E-state index in [1.54, 1.807) is 36.4 Å². The van der Waals surface area contributed by atoms with Crippen molar-refractivity contribution in [3.8, 4) is 5.75 Å². The van der Waals surface area contributed by atoms with Crippen LogP contribution in [0.25, 0.3) is 6.08 Å². The molecule has 2 amide bonds. The molecule has 0 aliphatic heterocycles. The van der Waals surface area contributed by atoms with E-state index in [1.807, 2.05) is 0 Å². The summed E-state index contributed by atoms with van der Waals surface area (Å²) < 4.78 is 5.20. The lowest BCUT2D eigenvalue weighted by Gasteiger charge is -2.13. The average molecular weight is 486 g/mol. The van der Waals surface area contributed by atoms with Gasteiger partial charge in [-0.1, -0.05) is 35.3 Å². The number of nitro benzene ring substituents is 1. The fraction of sp³-hybridized carbons (Fsp3) is 0.0435. The third kappa shape index (κ3) is 6.31. The summed E-state index contributed by atoms with van der Waals surface area (Å²) in [5.74, 6) is -1.06. The van der Waals surface area contributed by atoms with Gasteiger partial charge >= 0.3 is 0 Å². The summed E-state index contributed by atoms with van der Waals surface area (Å²) in [6.07, 6.45) is 1.33. The standard InChI is InChI=1S/C23H17Cl2N3O5/c1-33-21-10-7-16(25)13-19(21)22(29)27-20(12-14-3-2-4-18(11-14)28(31)32)23(30)26-17-8-5-15(24)6-9-17/h2-13H,1H3,(H,26,30)(H,27,29). The van der Waals surface area contributed by atoms with E-state index in [0.29, 0.717) is 21.3 Å². The molecule has 2 N–H and O–H groups in total.